The van der Waals surface area contributed by atoms with Crippen molar-refractivity contribution in [3.8, 4) is 0 Å². The standard InChI is InChI=1S/C10H11ClN2O/c1-3-4-5-8(14)9-10(11)13-7(2)6-12-9/h4-6H,3H2,1-2H3/b5-4+. The van der Waals surface area contributed by atoms with Crippen LogP contribution in [0.25, 0.3) is 0 Å². The molecule has 0 saturated carbocycles. The van der Waals surface area contributed by atoms with Gasteiger partial charge >= 0.3 is 0 Å². The van der Waals surface area contributed by atoms with Gasteiger partial charge < -0.3 is 0 Å². The smallest absolute Gasteiger partial charge is 0.207 e. The maximum atomic E-state index is 11.5. The second-order valence-corrected chi connectivity index (χ2v) is 3.18. The molecule has 0 aromatic carbocycles. The zero-order chi connectivity index (χ0) is 10.6. The van der Waals surface area contributed by atoms with Gasteiger partial charge in [-0.15, -0.1) is 0 Å². The summed E-state index contributed by atoms with van der Waals surface area (Å²) in [6.07, 6.45) is 5.56. The van der Waals surface area contributed by atoms with E-state index >= 15 is 0 Å². The van der Waals surface area contributed by atoms with Gasteiger partial charge in [0.2, 0.25) is 5.78 Å². The molecule has 0 aliphatic rings. The monoisotopic (exact) mass is 210 g/mol. The third-order valence-electron chi connectivity index (χ3n) is 1.59. The van der Waals surface area contributed by atoms with E-state index in [2.05, 4.69) is 9.97 Å². The molecule has 0 radical (unpaired) electrons. The van der Waals surface area contributed by atoms with E-state index < -0.39 is 0 Å². The fraction of sp³-hybridized carbons (Fsp3) is 0.300. The lowest BCUT2D eigenvalue weighted by Crippen LogP contribution is -2.02. The Kier molecular flexibility index (Phi) is 3.77. The van der Waals surface area contributed by atoms with Crippen LogP contribution in [0.1, 0.15) is 29.5 Å². The fourth-order valence-corrected chi connectivity index (χ4v) is 1.19. The minimum atomic E-state index is -0.204. The van der Waals surface area contributed by atoms with Crippen molar-refractivity contribution in [3.63, 3.8) is 0 Å². The fourth-order valence-electron chi connectivity index (χ4n) is 0.917. The summed E-state index contributed by atoms with van der Waals surface area (Å²) in [7, 11) is 0. The lowest BCUT2D eigenvalue weighted by Gasteiger charge is -1.98. The summed E-state index contributed by atoms with van der Waals surface area (Å²) in [5.74, 6) is -0.204. The number of halogens is 1. The number of hydrogen-bond donors (Lipinski definition) is 0. The molecule has 1 rings (SSSR count). The van der Waals surface area contributed by atoms with Gasteiger partial charge in [-0.3, -0.25) is 4.79 Å². The minimum Gasteiger partial charge on any atom is -0.287 e. The van der Waals surface area contributed by atoms with Crippen LogP contribution in [0.5, 0.6) is 0 Å². The highest BCUT2D eigenvalue weighted by molar-refractivity contribution is 6.33. The predicted molar refractivity (Wildman–Crippen MR) is 55.5 cm³/mol. The SMILES string of the molecule is CC/C=C/C(=O)c1ncc(C)nc1Cl. The molecule has 0 fully saturated rings. The lowest BCUT2D eigenvalue weighted by atomic mass is 10.2. The van der Waals surface area contributed by atoms with Gasteiger partial charge in [0.1, 0.15) is 5.69 Å². The Balaban J connectivity index is 2.96. The third kappa shape index (κ3) is 2.64. The van der Waals surface area contributed by atoms with E-state index in [1.807, 2.05) is 6.92 Å². The van der Waals surface area contributed by atoms with Gasteiger partial charge in [-0.1, -0.05) is 24.6 Å². The van der Waals surface area contributed by atoms with Crippen molar-refractivity contribution in [1.82, 2.24) is 9.97 Å². The first-order valence-corrected chi connectivity index (χ1v) is 4.73. The van der Waals surface area contributed by atoms with Gasteiger partial charge in [0, 0.05) is 6.20 Å². The number of carbonyl (C=O) groups is 1. The number of aryl methyl sites for hydroxylation is 1. The van der Waals surface area contributed by atoms with Crippen LogP contribution in [-0.4, -0.2) is 15.8 Å². The van der Waals surface area contributed by atoms with E-state index in [1.165, 1.54) is 12.3 Å². The highest BCUT2D eigenvalue weighted by Crippen LogP contribution is 2.11. The van der Waals surface area contributed by atoms with Crippen LogP contribution in [-0.2, 0) is 0 Å². The van der Waals surface area contributed by atoms with E-state index in [9.17, 15) is 4.79 Å². The molecular weight excluding hydrogens is 200 g/mol. The number of aromatic nitrogens is 2. The molecule has 0 aliphatic carbocycles. The molecule has 0 atom stereocenters. The first kappa shape index (κ1) is 10.9. The molecule has 0 N–H and O–H groups in total. The molecule has 1 aromatic rings. The van der Waals surface area contributed by atoms with Crippen molar-refractivity contribution >= 4 is 17.4 Å². The molecule has 4 heteroatoms. The van der Waals surface area contributed by atoms with Crippen LogP contribution in [0.3, 0.4) is 0 Å². The van der Waals surface area contributed by atoms with Gasteiger partial charge in [-0.05, 0) is 19.4 Å². The topological polar surface area (TPSA) is 42.9 Å². The third-order valence-corrected chi connectivity index (χ3v) is 1.85. The van der Waals surface area contributed by atoms with Crippen LogP contribution >= 0.6 is 11.6 Å². The van der Waals surface area contributed by atoms with Crippen molar-refractivity contribution in [2.75, 3.05) is 0 Å². The van der Waals surface area contributed by atoms with Crippen LogP contribution in [0.2, 0.25) is 5.15 Å². The molecule has 1 heterocycles. The predicted octanol–water partition coefficient (Wildman–Crippen LogP) is 2.59. The van der Waals surface area contributed by atoms with E-state index in [0.29, 0.717) is 5.69 Å². The van der Waals surface area contributed by atoms with E-state index in [0.717, 1.165) is 6.42 Å². The number of carbonyl (C=O) groups excluding carboxylic acids is 1. The Bertz CT molecular complexity index is 374. The molecule has 0 aliphatic heterocycles. The number of hydrogen-bond acceptors (Lipinski definition) is 3. The second-order valence-electron chi connectivity index (χ2n) is 2.83. The molecule has 74 valence electrons. The zero-order valence-electron chi connectivity index (χ0n) is 8.12. The average molecular weight is 211 g/mol. The number of ketones is 1. The summed E-state index contributed by atoms with van der Waals surface area (Å²) in [5, 5.41) is 0.163. The van der Waals surface area contributed by atoms with Crippen LogP contribution < -0.4 is 0 Å². The maximum absolute atomic E-state index is 11.5. The van der Waals surface area contributed by atoms with Gasteiger partial charge in [-0.2, -0.15) is 0 Å². The number of rotatable bonds is 3. The first-order valence-electron chi connectivity index (χ1n) is 4.35. The summed E-state index contributed by atoms with van der Waals surface area (Å²) in [4.78, 5) is 19.3. The van der Waals surface area contributed by atoms with Crippen molar-refractivity contribution in [2.24, 2.45) is 0 Å². The Labute approximate surface area is 87.8 Å². The Morgan fingerprint density at radius 1 is 1.64 bits per heavy atom. The Hall–Kier alpha value is -1.22. The molecular formula is C10H11ClN2O. The molecule has 1 aromatic heterocycles. The maximum Gasteiger partial charge on any atom is 0.207 e. The Morgan fingerprint density at radius 3 is 2.93 bits per heavy atom. The molecule has 0 unspecified atom stereocenters. The number of nitrogens with zero attached hydrogens (tertiary/aromatic N) is 2. The lowest BCUT2D eigenvalue weighted by molar-refractivity contribution is 0.104. The summed E-state index contributed by atoms with van der Waals surface area (Å²) < 4.78 is 0. The highest BCUT2D eigenvalue weighted by atomic mass is 35.5. The quantitative estimate of drug-likeness (QED) is 0.569. The van der Waals surface area contributed by atoms with E-state index in [1.54, 1.807) is 13.0 Å². The average Bonchev–Trinajstić information content (AvgIpc) is 2.14. The molecule has 3 nitrogen and oxygen atoms in total. The van der Waals surface area contributed by atoms with Gasteiger partial charge in [0.25, 0.3) is 0 Å². The highest BCUT2D eigenvalue weighted by Gasteiger charge is 2.09. The van der Waals surface area contributed by atoms with E-state index in [4.69, 9.17) is 11.6 Å². The molecule has 0 spiro atoms. The summed E-state index contributed by atoms with van der Waals surface area (Å²) in [5.41, 5.74) is 0.910. The summed E-state index contributed by atoms with van der Waals surface area (Å²) in [6, 6.07) is 0. The molecule has 14 heavy (non-hydrogen) atoms. The van der Waals surface area contributed by atoms with Gasteiger partial charge in [-0.25, -0.2) is 9.97 Å². The minimum absolute atomic E-state index is 0.163. The van der Waals surface area contributed by atoms with Crippen molar-refractivity contribution in [2.45, 2.75) is 20.3 Å². The summed E-state index contributed by atoms with van der Waals surface area (Å²) in [6.45, 7) is 3.72. The van der Waals surface area contributed by atoms with Gasteiger partial charge in [0.05, 0.1) is 5.69 Å². The second kappa shape index (κ2) is 4.86. The molecule has 0 amide bonds. The molecule has 0 saturated heterocycles. The number of allylic oxidation sites excluding steroid dienone is 2. The summed E-state index contributed by atoms with van der Waals surface area (Å²) >= 11 is 5.77. The van der Waals surface area contributed by atoms with Crippen LogP contribution in [0.4, 0.5) is 0 Å². The zero-order valence-corrected chi connectivity index (χ0v) is 8.88. The van der Waals surface area contributed by atoms with Crippen molar-refractivity contribution < 1.29 is 4.79 Å². The molecule has 0 bridgehead atoms. The largest absolute Gasteiger partial charge is 0.287 e. The Morgan fingerprint density at radius 2 is 2.36 bits per heavy atom. The van der Waals surface area contributed by atoms with E-state index in [-0.39, 0.29) is 16.6 Å². The van der Waals surface area contributed by atoms with Crippen molar-refractivity contribution in [3.05, 3.63) is 34.9 Å². The van der Waals surface area contributed by atoms with Crippen LogP contribution in [0, 0.1) is 6.92 Å². The normalized spacial score (nSPS) is 10.8. The van der Waals surface area contributed by atoms with Crippen molar-refractivity contribution in [1.29, 1.82) is 0 Å². The van der Waals surface area contributed by atoms with Crippen LogP contribution in [0.15, 0.2) is 18.3 Å². The van der Waals surface area contributed by atoms with Gasteiger partial charge in [0.15, 0.2) is 5.15 Å². The first-order chi connectivity index (χ1) is 6.65.